The van der Waals surface area contributed by atoms with Crippen LogP contribution in [0.3, 0.4) is 0 Å². The van der Waals surface area contributed by atoms with Gasteiger partial charge >= 0.3 is 5.97 Å². The first-order chi connectivity index (χ1) is 9.31. The van der Waals surface area contributed by atoms with Crippen LogP contribution in [0.4, 0.5) is 0 Å². The third-order valence-electron chi connectivity index (χ3n) is 2.08. The van der Waals surface area contributed by atoms with Crippen LogP contribution in [0.25, 0.3) is 0 Å². The van der Waals surface area contributed by atoms with Crippen molar-refractivity contribution in [3.05, 3.63) is 24.3 Å². The quantitative estimate of drug-likeness (QED) is 0.695. The lowest BCUT2D eigenvalue weighted by molar-refractivity contribution is -0.139. The first-order valence-corrected chi connectivity index (χ1v) is 7.38. The fourth-order valence-electron chi connectivity index (χ4n) is 1.19. The summed E-state index contributed by atoms with van der Waals surface area (Å²) in [6.45, 7) is 3.56. The SMILES string of the molecule is CC(C)CONS(=O)(=O)c1ccc(OCC(=O)O)cc1. The van der Waals surface area contributed by atoms with Crippen molar-refractivity contribution in [1.82, 2.24) is 4.89 Å². The Bertz CT molecular complexity index is 538. The third kappa shape index (κ3) is 5.55. The van der Waals surface area contributed by atoms with Crippen LogP contribution in [-0.2, 0) is 19.7 Å². The van der Waals surface area contributed by atoms with Gasteiger partial charge in [-0.1, -0.05) is 18.7 Å². The maximum absolute atomic E-state index is 11.8. The molecule has 1 aromatic carbocycles. The molecule has 0 heterocycles. The van der Waals surface area contributed by atoms with E-state index in [0.29, 0.717) is 0 Å². The number of benzene rings is 1. The van der Waals surface area contributed by atoms with E-state index in [0.717, 1.165) is 0 Å². The molecule has 20 heavy (non-hydrogen) atoms. The van der Waals surface area contributed by atoms with Crippen LogP contribution in [0, 0.1) is 5.92 Å². The number of aliphatic carboxylic acids is 1. The topological polar surface area (TPSA) is 102 Å². The third-order valence-corrected chi connectivity index (χ3v) is 3.31. The standard InChI is InChI=1S/C12H17NO6S/c1-9(2)7-19-13-20(16,17)11-5-3-10(4-6-11)18-8-12(14)15/h3-6,9,13H,7-8H2,1-2H3,(H,14,15). The van der Waals surface area contributed by atoms with Gasteiger partial charge in [0.15, 0.2) is 6.61 Å². The van der Waals surface area contributed by atoms with E-state index in [1.54, 1.807) is 0 Å². The number of rotatable bonds is 8. The highest BCUT2D eigenvalue weighted by atomic mass is 32.2. The molecule has 0 amide bonds. The molecule has 112 valence electrons. The fraction of sp³-hybridized carbons (Fsp3) is 0.417. The van der Waals surface area contributed by atoms with Crippen molar-refractivity contribution < 1.29 is 27.9 Å². The molecule has 8 heteroatoms. The Kier molecular flexibility index (Phi) is 5.93. The van der Waals surface area contributed by atoms with E-state index in [9.17, 15) is 13.2 Å². The van der Waals surface area contributed by atoms with Crippen molar-refractivity contribution in [2.75, 3.05) is 13.2 Å². The van der Waals surface area contributed by atoms with Gasteiger partial charge in [-0.3, -0.25) is 4.84 Å². The molecule has 0 radical (unpaired) electrons. The Hall–Kier alpha value is -1.64. The molecular formula is C12H17NO6S. The predicted octanol–water partition coefficient (Wildman–Crippen LogP) is 1.02. The molecule has 2 N–H and O–H groups in total. The second-order valence-corrected chi connectivity index (χ2v) is 6.09. The molecule has 0 saturated carbocycles. The van der Waals surface area contributed by atoms with Crippen LogP contribution in [0.2, 0.25) is 0 Å². The van der Waals surface area contributed by atoms with Gasteiger partial charge in [0, 0.05) is 0 Å². The number of carboxylic acid groups (broad SMARTS) is 1. The first kappa shape index (κ1) is 16.4. The predicted molar refractivity (Wildman–Crippen MR) is 70.7 cm³/mol. The lowest BCUT2D eigenvalue weighted by atomic mass is 10.2. The molecule has 0 aromatic heterocycles. The maximum atomic E-state index is 11.8. The molecule has 0 unspecified atom stereocenters. The van der Waals surface area contributed by atoms with Crippen LogP contribution in [0.15, 0.2) is 29.2 Å². The Morgan fingerprint density at radius 3 is 2.40 bits per heavy atom. The normalized spacial score (nSPS) is 11.6. The van der Waals surface area contributed by atoms with E-state index in [-0.39, 0.29) is 23.2 Å². The number of hydrogen-bond acceptors (Lipinski definition) is 5. The Morgan fingerprint density at radius 1 is 1.30 bits per heavy atom. The Balaban J connectivity index is 2.64. The van der Waals surface area contributed by atoms with Gasteiger partial charge in [-0.05, 0) is 30.2 Å². The number of ether oxygens (including phenoxy) is 1. The van der Waals surface area contributed by atoms with Crippen LogP contribution in [-0.4, -0.2) is 32.7 Å². The molecule has 1 aromatic rings. The number of nitrogens with one attached hydrogen (secondary N) is 1. The molecule has 0 aliphatic heterocycles. The van der Waals surface area contributed by atoms with E-state index >= 15 is 0 Å². The van der Waals surface area contributed by atoms with Gasteiger partial charge < -0.3 is 9.84 Å². The molecule has 0 fully saturated rings. The Labute approximate surface area is 117 Å². The van der Waals surface area contributed by atoms with Crippen molar-refractivity contribution in [2.24, 2.45) is 5.92 Å². The van der Waals surface area contributed by atoms with Crippen LogP contribution >= 0.6 is 0 Å². The lowest BCUT2D eigenvalue weighted by Crippen LogP contribution is -2.25. The average Bonchev–Trinajstić information content (AvgIpc) is 2.36. The maximum Gasteiger partial charge on any atom is 0.341 e. The lowest BCUT2D eigenvalue weighted by Gasteiger charge is -2.09. The van der Waals surface area contributed by atoms with Crippen LogP contribution in [0.1, 0.15) is 13.8 Å². The molecule has 0 aliphatic carbocycles. The zero-order chi connectivity index (χ0) is 15.2. The second-order valence-electron chi connectivity index (χ2n) is 4.45. The smallest absolute Gasteiger partial charge is 0.341 e. The van der Waals surface area contributed by atoms with Crippen molar-refractivity contribution in [1.29, 1.82) is 0 Å². The molecule has 7 nitrogen and oxygen atoms in total. The van der Waals surface area contributed by atoms with Crippen LogP contribution in [0.5, 0.6) is 5.75 Å². The van der Waals surface area contributed by atoms with Gasteiger partial charge in [0.1, 0.15) is 5.75 Å². The molecule has 1 rings (SSSR count). The summed E-state index contributed by atoms with van der Waals surface area (Å²) in [6, 6.07) is 5.36. The summed E-state index contributed by atoms with van der Waals surface area (Å²) < 4.78 is 28.5. The van der Waals surface area contributed by atoms with Gasteiger partial charge in [0.05, 0.1) is 11.5 Å². The van der Waals surface area contributed by atoms with E-state index in [2.05, 4.69) is 0 Å². The van der Waals surface area contributed by atoms with E-state index < -0.39 is 22.6 Å². The monoisotopic (exact) mass is 303 g/mol. The highest BCUT2D eigenvalue weighted by Crippen LogP contribution is 2.15. The van der Waals surface area contributed by atoms with Crippen molar-refractivity contribution in [3.8, 4) is 5.75 Å². The molecule has 0 spiro atoms. The Morgan fingerprint density at radius 2 is 1.90 bits per heavy atom. The minimum Gasteiger partial charge on any atom is -0.482 e. The molecular weight excluding hydrogens is 286 g/mol. The summed E-state index contributed by atoms with van der Waals surface area (Å²) >= 11 is 0. The van der Waals surface area contributed by atoms with E-state index in [4.69, 9.17) is 14.7 Å². The highest BCUT2D eigenvalue weighted by Gasteiger charge is 2.14. The van der Waals surface area contributed by atoms with Crippen molar-refractivity contribution in [3.63, 3.8) is 0 Å². The summed E-state index contributed by atoms with van der Waals surface area (Å²) in [6.07, 6.45) is 0. The average molecular weight is 303 g/mol. The molecule has 0 saturated heterocycles. The summed E-state index contributed by atoms with van der Waals surface area (Å²) in [5.41, 5.74) is 0. The van der Waals surface area contributed by atoms with Crippen LogP contribution < -0.4 is 9.62 Å². The van der Waals surface area contributed by atoms with Crippen molar-refractivity contribution in [2.45, 2.75) is 18.7 Å². The molecule has 0 atom stereocenters. The number of hydrogen-bond donors (Lipinski definition) is 2. The number of carbonyl (C=O) groups is 1. The minimum atomic E-state index is -3.75. The fourth-order valence-corrected chi connectivity index (χ4v) is 2.00. The number of sulfonamides is 1. The highest BCUT2D eigenvalue weighted by molar-refractivity contribution is 7.89. The number of carboxylic acids is 1. The molecule has 0 bridgehead atoms. The summed E-state index contributed by atoms with van der Waals surface area (Å²) in [7, 11) is -3.75. The largest absolute Gasteiger partial charge is 0.482 e. The van der Waals surface area contributed by atoms with Gasteiger partial charge in [0.2, 0.25) is 0 Å². The molecule has 0 aliphatic rings. The first-order valence-electron chi connectivity index (χ1n) is 5.89. The van der Waals surface area contributed by atoms with E-state index in [1.807, 2.05) is 18.7 Å². The summed E-state index contributed by atoms with van der Waals surface area (Å²) in [5.74, 6) is -0.635. The van der Waals surface area contributed by atoms with Crippen molar-refractivity contribution >= 4 is 16.0 Å². The van der Waals surface area contributed by atoms with Gasteiger partial charge in [0.25, 0.3) is 10.0 Å². The summed E-state index contributed by atoms with van der Waals surface area (Å²) in [4.78, 5) is 17.2. The zero-order valence-corrected chi connectivity index (χ0v) is 12.0. The zero-order valence-electron chi connectivity index (χ0n) is 11.2. The second kappa shape index (κ2) is 7.22. The van der Waals surface area contributed by atoms with E-state index in [1.165, 1.54) is 24.3 Å². The van der Waals surface area contributed by atoms with Gasteiger partial charge in [-0.2, -0.15) is 0 Å². The van der Waals surface area contributed by atoms with Gasteiger partial charge in [-0.15, -0.1) is 0 Å². The van der Waals surface area contributed by atoms with Gasteiger partial charge in [-0.25, -0.2) is 13.2 Å². The summed E-state index contributed by atoms with van der Waals surface area (Å²) in [5, 5.41) is 8.45. The minimum absolute atomic E-state index is 0.00364.